The van der Waals surface area contributed by atoms with Crippen LogP contribution in [0.15, 0.2) is 39.7 Å². The molecule has 0 aliphatic rings. The van der Waals surface area contributed by atoms with Gasteiger partial charge in [0.25, 0.3) is 15.9 Å². The lowest BCUT2D eigenvalue weighted by atomic mass is 10.1. The molecule has 0 spiro atoms. The fraction of sp³-hybridized carbons (Fsp3) is 0.214. The van der Waals surface area contributed by atoms with E-state index in [2.05, 4.69) is 20.7 Å². The number of primary amides is 1. The molecule has 22 heavy (non-hydrogen) atoms. The van der Waals surface area contributed by atoms with Gasteiger partial charge in [0.2, 0.25) is 0 Å². The number of anilines is 1. The average molecular weight is 403 g/mol. The molecule has 0 fully saturated rings. The molecule has 5 nitrogen and oxygen atoms in total. The van der Waals surface area contributed by atoms with Gasteiger partial charge in [-0.1, -0.05) is 29.8 Å². The molecular weight excluding hydrogens is 388 g/mol. The molecule has 3 N–H and O–H groups in total. The van der Waals surface area contributed by atoms with Gasteiger partial charge >= 0.3 is 0 Å². The number of carbonyl (C=O) groups excluding carboxylic acids is 1. The number of hydrogen-bond donors (Lipinski definition) is 2. The maximum Gasteiger partial charge on any atom is 0.262 e. The van der Waals surface area contributed by atoms with E-state index in [-0.39, 0.29) is 21.4 Å². The van der Waals surface area contributed by atoms with E-state index >= 15 is 0 Å². The molecule has 2 rings (SSSR count). The first-order valence-corrected chi connectivity index (χ1v) is 9.52. The number of rotatable bonds is 5. The van der Waals surface area contributed by atoms with Gasteiger partial charge in [-0.05, 0) is 36.2 Å². The van der Waals surface area contributed by atoms with E-state index < -0.39 is 15.9 Å². The lowest BCUT2D eigenvalue weighted by Gasteiger charge is -2.07. The minimum absolute atomic E-state index is 0.116. The van der Waals surface area contributed by atoms with Gasteiger partial charge < -0.3 is 5.73 Å². The van der Waals surface area contributed by atoms with Crippen molar-refractivity contribution in [2.45, 2.75) is 24.7 Å². The summed E-state index contributed by atoms with van der Waals surface area (Å²) in [6.07, 6.45) is 0. The minimum atomic E-state index is -3.77. The second-order valence-corrected chi connectivity index (χ2v) is 8.65. The van der Waals surface area contributed by atoms with E-state index in [1.54, 1.807) is 18.2 Å². The molecule has 0 aliphatic heterocycles. The van der Waals surface area contributed by atoms with Crippen molar-refractivity contribution in [1.29, 1.82) is 0 Å². The largest absolute Gasteiger partial charge is 0.366 e. The summed E-state index contributed by atoms with van der Waals surface area (Å²) in [5.41, 5.74) is 5.52. The summed E-state index contributed by atoms with van der Waals surface area (Å²) in [7, 11) is -3.77. The summed E-state index contributed by atoms with van der Waals surface area (Å²) in [5.74, 6) is -0.481. The Bertz CT molecular complexity index is 796. The highest BCUT2D eigenvalue weighted by molar-refractivity contribution is 9.10. The van der Waals surface area contributed by atoms with E-state index in [1.165, 1.54) is 23.5 Å². The Labute approximate surface area is 141 Å². The van der Waals surface area contributed by atoms with Crippen molar-refractivity contribution in [2.24, 2.45) is 5.73 Å². The predicted octanol–water partition coefficient (Wildman–Crippen LogP) is 3.53. The van der Waals surface area contributed by atoms with Crippen molar-refractivity contribution < 1.29 is 13.2 Å². The Morgan fingerprint density at radius 3 is 2.36 bits per heavy atom. The predicted molar refractivity (Wildman–Crippen MR) is 91.9 cm³/mol. The van der Waals surface area contributed by atoms with Gasteiger partial charge in [-0.3, -0.25) is 9.52 Å². The lowest BCUT2D eigenvalue weighted by Crippen LogP contribution is -2.16. The second-order valence-electron chi connectivity index (χ2n) is 4.97. The second kappa shape index (κ2) is 6.39. The first kappa shape index (κ1) is 17.0. The molecule has 1 aromatic carbocycles. The topological polar surface area (TPSA) is 89.3 Å². The van der Waals surface area contributed by atoms with Gasteiger partial charge in [-0.2, -0.15) is 0 Å². The molecule has 0 unspecified atom stereocenters. The van der Waals surface area contributed by atoms with Crippen LogP contribution in [0.25, 0.3) is 0 Å². The first-order valence-electron chi connectivity index (χ1n) is 6.42. The molecule has 0 saturated carbocycles. The van der Waals surface area contributed by atoms with Gasteiger partial charge in [0, 0.05) is 9.35 Å². The van der Waals surface area contributed by atoms with Crippen LogP contribution in [0.4, 0.5) is 5.00 Å². The highest BCUT2D eigenvalue weighted by Crippen LogP contribution is 2.34. The summed E-state index contributed by atoms with van der Waals surface area (Å²) < 4.78 is 28.0. The molecule has 1 heterocycles. The zero-order valence-electron chi connectivity index (χ0n) is 12.0. The van der Waals surface area contributed by atoms with Crippen molar-refractivity contribution in [1.82, 2.24) is 0 Å². The first-order chi connectivity index (χ1) is 10.2. The molecule has 118 valence electrons. The SMILES string of the molecule is CC(C)c1cc(C(N)=O)c(NS(=O)(=O)c2ccc(Br)cc2)s1. The maximum atomic E-state index is 12.4. The zero-order valence-corrected chi connectivity index (χ0v) is 15.2. The zero-order chi connectivity index (χ0) is 16.5. The van der Waals surface area contributed by atoms with Crippen molar-refractivity contribution in [2.75, 3.05) is 4.72 Å². The van der Waals surface area contributed by atoms with Crippen molar-refractivity contribution in [3.8, 4) is 0 Å². The van der Waals surface area contributed by atoms with Crippen LogP contribution in [0.2, 0.25) is 0 Å². The van der Waals surface area contributed by atoms with Crippen LogP contribution in [-0.2, 0) is 10.0 Å². The van der Waals surface area contributed by atoms with E-state index in [0.29, 0.717) is 0 Å². The Balaban J connectivity index is 2.41. The number of nitrogens with two attached hydrogens (primary N) is 1. The molecule has 8 heteroatoms. The van der Waals surface area contributed by atoms with Gasteiger partial charge in [0.15, 0.2) is 0 Å². The number of hydrogen-bond acceptors (Lipinski definition) is 4. The number of amides is 1. The van der Waals surface area contributed by atoms with Gasteiger partial charge in [-0.25, -0.2) is 8.42 Å². The number of nitrogens with one attached hydrogen (secondary N) is 1. The monoisotopic (exact) mass is 402 g/mol. The molecule has 1 aromatic heterocycles. The van der Waals surface area contributed by atoms with Crippen LogP contribution in [0.5, 0.6) is 0 Å². The van der Waals surface area contributed by atoms with E-state index in [0.717, 1.165) is 9.35 Å². The summed E-state index contributed by atoms with van der Waals surface area (Å²) in [6, 6.07) is 7.87. The van der Waals surface area contributed by atoms with Gasteiger partial charge in [0.05, 0.1) is 10.5 Å². The molecule has 0 bridgehead atoms. The van der Waals surface area contributed by atoms with Crippen LogP contribution >= 0.6 is 27.3 Å². The molecule has 0 aliphatic carbocycles. The minimum Gasteiger partial charge on any atom is -0.366 e. The van der Waals surface area contributed by atoms with Gasteiger partial charge in [-0.15, -0.1) is 11.3 Å². The highest BCUT2D eigenvalue weighted by atomic mass is 79.9. The van der Waals surface area contributed by atoms with E-state index in [1.807, 2.05) is 13.8 Å². The number of carbonyl (C=O) groups is 1. The smallest absolute Gasteiger partial charge is 0.262 e. The molecular formula is C14H15BrN2O3S2. The number of halogens is 1. The Hall–Kier alpha value is -1.38. The normalized spacial score (nSPS) is 11.6. The highest BCUT2D eigenvalue weighted by Gasteiger charge is 2.21. The number of thiophene rings is 1. The standard InChI is InChI=1S/C14H15BrN2O3S2/c1-8(2)12-7-11(13(16)18)14(21-12)17-22(19,20)10-5-3-9(15)4-6-10/h3-8,17H,1-2H3,(H2,16,18). The van der Waals surface area contributed by atoms with Gasteiger partial charge in [0.1, 0.15) is 5.00 Å². The molecule has 0 radical (unpaired) electrons. The van der Waals surface area contributed by atoms with Crippen LogP contribution in [0.1, 0.15) is 35.0 Å². The number of benzene rings is 1. The van der Waals surface area contributed by atoms with Crippen LogP contribution in [0.3, 0.4) is 0 Å². The molecule has 1 amide bonds. The Morgan fingerprint density at radius 1 is 1.27 bits per heavy atom. The van der Waals surface area contributed by atoms with E-state index in [4.69, 9.17) is 5.73 Å². The molecule has 0 saturated heterocycles. The fourth-order valence-corrected chi connectivity index (χ4v) is 4.39. The summed E-state index contributed by atoms with van der Waals surface area (Å²) in [4.78, 5) is 12.5. The summed E-state index contributed by atoms with van der Waals surface area (Å²) >= 11 is 4.47. The molecule has 0 atom stereocenters. The fourth-order valence-electron chi connectivity index (χ4n) is 1.75. The number of sulfonamides is 1. The van der Waals surface area contributed by atoms with Crippen molar-refractivity contribution in [3.05, 3.63) is 45.2 Å². The van der Waals surface area contributed by atoms with Crippen LogP contribution in [0, 0.1) is 0 Å². The average Bonchev–Trinajstić information content (AvgIpc) is 2.82. The van der Waals surface area contributed by atoms with Crippen molar-refractivity contribution in [3.63, 3.8) is 0 Å². The van der Waals surface area contributed by atoms with Crippen LogP contribution < -0.4 is 10.5 Å². The quantitative estimate of drug-likeness (QED) is 0.801. The van der Waals surface area contributed by atoms with Crippen LogP contribution in [-0.4, -0.2) is 14.3 Å². The lowest BCUT2D eigenvalue weighted by molar-refractivity contribution is 0.100. The third kappa shape index (κ3) is 3.68. The third-order valence-corrected chi connectivity index (χ3v) is 6.31. The Kier molecular flexibility index (Phi) is 4.93. The Morgan fingerprint density at radius 2 is 1.86 bits per heavy atom. The molecule has 2 aromatic rings. The summed E-state index contributed by atoms with van der Waals surface area (Å²) in [6.45, 7) is 3.92. The maximum absolute atomic E-state index is 12.4. The summed E-state index contributed by atoms with van der Waals surface area (Å²) in [5, 5.41) is 0.249. The van der Waals surface area contributed by atoms with E-state index in [9.17, 15) is 13.2 Å². The van der Waals surface area contributed by atoms with Crippen molar-refractivity contribution >= 4 is 48.2 Å². The third-order valence-electron chi connectivity index (χ3n) is 2.94.